The van der Waals surface area contributed by atoms with Crippen molar-refractivity contribution < 1.29 is 0 Å². The molecule has 1 aromatic carbocycles. The average Bonchev–Trinajstić information content (AvgIpc) is 2.92. The minimum Gasteiger partial charge on any atom is -0.354 e. The van der Waals surface area contributed by atoms with E-state index < -0.39 is 0 Å². The molecule has 3 rings (SSSR count). The predicted molar refractivity (Wildman–Crippen MR) is 93.0 cm³/mol. The number of pyridine rings is 1. The van der Waals surface area contributed by atoms with E-state index in [2.05, 4.69) is 42.0 Å². The molecular formula is C19H23N3. The number of hydrogen-bond donors (Lipinski definition) is 2. The number of unbranched alkanes of at least 4 members (excludes halogenated alkanes) is 1. The highest BCUT2D eigenvalue weighted by atomic mass is 14.7. The van der Waals surface area contributed by atoms with Crippen LogP contribution in [-0.2, 0) is 6.42 Å². The summed E-state index contributed by atoms with van der Waals surface area (Å²) in [5.74, 6) is 0. The van der Waals surface area contributed by atoms with Gasteiger partial charge in [0.25, 0.3) is 0 Å². The van der Waals surface area contributed by atoms with Crippen LogP contribution in [0, 0.1) is 13.8 Å². The van der Waals surface area contributed by atoms with E-state index in [0.29, 0.717) is 0 Å². The molecule has 114 valence electrons. The molecule has 0 unspecified atom stereocenters. The molecule has 0 spiro atoms. The van der Waals surface area contributed by atoms with Crippen LogP contribution >= 0.6 is 0 Å². The van der Waals surface area contributed by atoms with Crippen molar-refractivity contribution in [2.75, 3.05) is 6.54 Å². The summed E-state index contributed by atoms with van der Waals surface area (Å²) >= 11 is 0. The number of hydrogen-bond acceptors (Lipinski definition) is 2. The highest BCUT2D eigenvalue weighted by molar-refractivity contribution is 5.93. The Bertz CT molecular complexity index is 772. The lowest BCUT2D eigenvalue weighted by Gasteiger charge is -2.05. The number of rotatable bonds is 5. The second-order valence-corrected chi connectivity index (χ2v) is 5.90. The first-order chi connectivity index (χ1) is 10.7. The molecule has 2 heterocycles. The van der Waals surface area contributed by atoms with E-state index in [-0.39, 0.29) is 0 Å². The minimum absolute atomic E-state index is 0.753. The number of nitrogens with zero attached hydrogens (tertiary/aromatic N) is 1. The molecule has 0 aliphatic carbocycles. The Kier molecular flexibility index (Phi) is 4.25. The van der Waals surface area contributed by atoms with Gasteiger partial charge in [0.05, 0.1) is 5.69 Å². The van der Waals surface area contributed by atoms with Gasteiger partial charge in [-0.15, -0.1) is 0 Å². The monoisotopic (exact) mass is 293 g/mol. The molecular weight excluding hydrogens is 270 g/mol. The molecule has 22 heavy (non-hydrogen) atoms. The van der Waals surface area contributed by atoms with Crippen LogP contribution in [0.2, 0.25) is 0 Å². The lowest BCUT2D eigenvalue weighted by Crippen LogP contribution is -1.99. The molecule has 2 aromatic heterocycles. The molecule has 3 heteroatoms. The Balaban J connectivity index is 2.16. The molecule has 0 amide bonds. The van der Waals surface area contributed by atoms with E-state index in [4.69, 9.17) is 5.73 Å². The first kappa shape index (κ1) is 14.8. The largest absolute Gasteiger partial charge is 0.354 e. The lowest BCUT2D eigenvalue weighted by atomic mass is 9.99. The molecule has 0 saturated heterocycles. The van der Waals surface area contributed by atoms with E-state index in [1.54, 1.807) is 0 Å². The Morgan fingerprint density at radius 3 is 2.73 bits per heavy atom. The number of aryl methyl sites for hydroxylation is 3. The standard InChI is InChI=1S/C19H23N3/c1-13-8-9-17-16(7-3-4-10-20)19(22-18(17)14(13)2)15-6-5-11-21-12-15/h5-6,8-9,11-12,22H,3-4,7,10,20H2,1-2H3. The van der Waals surface area contributed by atoms with E-state index in [0.717, 1.165) is 31.4 Å². The van der Waals surface area contributed by atoms with Crippen LogP contribution in [0.4, 0.5) is 0 Å². The van der Waals surface area contributed by atoms with Gasteiger partial charge in [0, 0.05) is 28.9 Å². The van der Waals surface area contributed by atoms with Crippen molar-refractivity contribution in [3.05, 3.63) is 53.3 Å². The van der Waals surface area contributed by atoms with E-state index >= 15 is 0 Å². The van der Waals surface area contributed by atoms with Crippen molar-refractivity contribution in [3.63, 3.8) is 0 Å². The van der Waals surface area contributed by atoms with Crippen LogP contribution in [-0.4, -0.2) is 16.5 Å². The molecule has 0 fully saturated rings. The highest BCUT2D eigenvalue weighted by Gasteiger charge is 2.15. The summed E-state index contributed by atoms with van der Waals surface area (Å²) < 4.78 is 0. The summed E-state index contributed by atoms with van der Waals surface area (Å²) in [6.07, 6.45) is 6.96. The number of aromatic nitrogens is 2. The third-order valence-corrected chi connectivity index (χ3v) is 4.44. The van der Waals surface area contributed by atoms with Gasteiger partial charge in [-0.25, -0.2) is 0 Å². The van der Waals surface area contributed by atoms with Crippen LogP contribution in [0.25, 0.3) is 22.2 Å². The van der Waals surface area contributed by atoms with Gasteiger partial charge < -0.3 is 10.7 Å². The molecule has 0 aliphatic heterocycles. The number of H-pyrrole nitrogens is 1. The van der Waals surface area contributed by atoms with Crippen LogP contribution < -0.4 is 5.73 Å². The molecule has 3 nitrogen and oxygen atoms in total. The molecule has 0 atom stereocenters. The van der Waals surface area contributed by atoms with Gasteiger partial charge in [-0.05, 0) is 68.5 Å². The number of nitrogens with one attached hydrogen (secondary N) is 1. The normalized spacial score (nSPS) is 11.2. The number of benzene rings is 1. The van der Waals surface area contributed by atoms with Crippen molar-refractivity contribution in [2.24, 2.45) is 5.73 Å². The zero-order valence-corrected chi connectivity index (χ0v) is 13.3. The molecule has 0 saturated carbocycles. The zero-order chi connectivity index (χ0) is 15.5. The average molecular weight is 293 g/mol. The Morgan fingerprint density at radius 1 is 1.14 bits per heavy atom. The van der Waals surface area contributed by atoms with Crippen LogP contribution in [0.1, 0.15) is 29.5 Å². The van der Waals surface area contributed by atoms with Crippen molar-refractivity contribution >= 4 is 10.9 Å². The number of nitrogens with two attached hydrogens (primary N) is 1. The third-order valence-electron chi connectivity index (χ3n) is 4.44. The fourth-order valence-corrected chi connectivity index (χ4v) is 3.03. The molecule has 0 radical (unpaired) electrons. The van der Waals surface area contributed by atoms with Gasteiger partial charge >= 0.3 is 0 Å². The topological polar surface area (TPSA) is 54.7 Å². The Labute approximate surface area is 131 Å². The Morgan fingerprint density at radius 2 is 2.00 bits per heavy atom. The minimum atomic E-state index is 0.753. The summed E-state index contributed by atoms with van der Waals surface area (Å²) in [5.41, 5.74) is 13.3. The van der Waals surface area contributed by atoms with Gasteiger partial charge in [-0.2, -0.15) is 0 Å². The van der Waals surface area contributed by atoms with Crippen molar-refractivity contribution in [3.8, 4) is 11.3 Å². The maximum absolute atomic E-state index is 5.66. The van der Waals surface area contributed by atoms with E-state index in [9.17, 15) is 0 Å². The summed E-state index contributed by atoms with van der Waals surface area (Å²) in [5, 5.41) is 1.33. The van der Waals surface area contributed by atoms with Crippen molar-refractivity contribution in [1.82, 2.24) is 9.97 Å². The third kappa shape index (κ3) is 2.64. The van der Waals surface area contributed by atoms with E-state index in [1.165, 1.54) is 33.3 Å². The van der Waals surface area contributed by atoms with Crippen molar-refractivity contribution in [1.29, 1.82) is 0 Å². The number of fused-ring (bicyclic) bond motifs is 1. The molecule has 3 aromatic rings. The first-order valence-electron chi connectivity index (χ1n) is 7.93. The number of aromatic amines is 1. The van der Waals surface area contributed by atoms with Crippen molar-refractivity contribution in [2.45, 2.75) is 33.1 Å². The first-order valence-corrected chi connectivity index (χ1v) is 7.93. The summed E-state index contributed by atoms with van der Waals surface area (Å²) in [6, 6.07) is 8.56. The smallest absolute Gasteiger partial charge is 0.0513 e. The lowest BCUT2D eigenvalue weighted by molar-refractivity contribution is 0.748. The van der Waals surface area contributed by atoms with Gasteiger partial charge in [0.1, 0.15) is 0 Å². The SMILES string of the molecule is Cc1ccc2c(CCCCN)c(-c3cccnc3)[nH]c2c1C. The summed E-state index contributed by atoms with van der Waals surface area (Å²) in [6.45, 7) is 5.10. The van der Waals surface area contributed by atoms with Crippen LogP contribution in [0.3, 0.4) is 0 Å². The highest BCUT2D eigenvalue weighted by Crippen LogP contribution is 2.33. The molecule has 0 aliphatic rings. The van der Waals surface area contributed by atoms with Gasteiger partial charge in [0.2, 0.25) is 0 Å². The summed E-state index contributed by atoms with van der Waals surface area (Å²) in [4.78, 5) is 7.91. The maximum atomic E-state index is 5.66. The van der Waals surface area contributed by atoms with Gasteiger partial charge in [-0.1, -0.05) is 12.1 Å². The second kappa shape index (κ2) is 6.32. The van der Waals surface area contributed by atoms with Crippen LogP contribution in [0.15, 0.2) is 36.7 Å². The predicted octanol–water partition coefficient (Wildman–Crippen LogP) is 4.13. The fraction of sp³-hybridized carbons (Fsp3) is 0.316. The fourth-order valence-electron chi connectivity index (χ4n) is 3.03. The van der Waals surface area contributed by atoms with Gasteiger partial charge in [-0.3, -0.25) is 4.98 Å². The zero-order valence-electron chi connectivity index (χ0n) is 13.3. The molecule has 0 bridgehead atoms. The second-order valence-electron chi connectivity index (χ2n) is 5.90. The quantitative estimate of drug-likeness (QED) is 0.695. The maximum Gasteiger partial charge on any atom is 0.0513 e. The Hall–Kier alpha value is -2.13. The summed E-state index contributed by atoms with van der Waals surface area (Å²) in [7, 11) is 0. The molecule has 3 N–H and O–H groups in total. The van der Waals surface area contributed by atoms with Gasteiger partial charge in [0.15, 0.2) is 0 Å². The van der Waals surface area contributed by atoms with E-state index in [1.807, 2.05) is 18.5 Å². The van der Waals surface area contributed by atoms with Crippen LogP contribution in [0.5, 0.6) is 0 Å².